The van der Waals surface area contributed by atoms with Crippen LogP contribution >= 0.6 is 11.6 Å². The van der Waals surface area contributed by atoms with E-state index in [9.17, 15) is 8.78 Å². The van der Waals surface area contributed by atoms with Gasteiger partial charge in [0.05, 0.1) is 5.52 Å². The molecule has 2 aromatic heterocycles. The second-order valence-electron chi connectivity index (χ2n) is 3.98. The summed E-state index contributed by atoms with van der Waals surface area (Å²) in [7, 11) is 0. The molecular weight excluding hydrogens is 286 g/mol. The predicted octanol–water partition coefficient (Wildman–Crippen LogP) is 3.70. The molecular formula is C13H7ClF2N4. The highest BCUT2D eigenvalue weighted by molar-refractivity contribution is 6.29. The molecule has 0 bridgehead atoms. The van der Waals surface area contributed by atoms with E-state index in [1.54, 1.807) is 12.1 Å². The molecule has 2 heterocycles. The van der Waals surface area contributed by atoms with Crippen LogP contribution in [0.5, 0.6) is 0 Å². The van der Waals surface area contributed by atoms with Crippen LogP contribution in [0.1, 0.15) is 0 Å². The average Bonchev–Trinajstić information content (AvgIpc) is 2.44. The van der Waals surface area contributed by atoms with Crippen molar-refractivity contribution in [3.63, 3.8) is 0 Å². The Morgan fingerprint density at radius 3 is 2.65 bits per heavy atom. The third kappa shape index (κ3) is 2.37. The van der Waals surface area contributed by atoms with Gasteiger partial charge in [-0.3, -0.25) is 0 Å². The number of halogens is 3. The second-order valence-corrected chi connectivity index (χ2v) is 4.37. The van der Waals surface area contributed by atoms with Crippen molar-refractivity contribution in [2.24, 2.45) is 0 Å². The summed E-state index contributed by atoms with van der Waals surface area (Å²) in [5.41, 5.74) is 1.39. The van der Waals surface area contributed by atoms with E-state index in [4.69, 9.17) is 11.6 Å². The highest BCUT2D eigenvalue weighted by Gasteiger charge is 2.08. The number of pyridine rings is 1. The average molecular weight is 293 g/mol. The summed E-state index contributed by atoms with van der Waals surface area (Å²) in [5, 5.41) is 3.16. The number of aromatic nitrogens is 3. The van der Waals surface area contributed by atoms with E-state index in [-0.39, 0.29) is 0 Å². The van der Waals surface area contributed by atoms with Gasteiger partial charge in [-0.25, -0.2) is 23.7 Å². The van der Waals surface area contributed by atoms with Gasteiger partial charge >= 0.3 is 0 Å². The minimum atomic E-state index is -0.945. The van der Waals surface area contributed by atoms with Crippen LogP contribution in [-0.2, 0) is 0 Å². The van der Waals surface area contributed by atoms with Gasteiger partial charge in [0.15, 0.2) is 17.5 Å². The summed E-state index contributed by atoms with van der Waals surface area (Å²) >= 11 is 5.84. The van der Waals surface area contributed by atoms with Gasteiger partial charge in [-0.1, -0.05) is 11.6 Å². The third-order valence-corrected chi connectivity index (χ3v) is 2.84. The molecule has 7 heteroatoms. The summed E-state index contributed by atoms with van der Waals surface area (Å²) in [6.07, 6.45) is 1.35. The first-order valence-electron chi connectivity index (χ1n) is 5.63. The Labute approximate surface area is 117 Å². The highest BCUT2D eigenvalue weighted by Crippen LogP contribution is 2.23. The maximum Gasteiger partial charge on any atom is 0.160 e. The third-order valence-electron chi connectivity index (χ3n) is 2.63. The van der Waals surface area contributed by atoms with Crippen molar-refractivity contribution >= 4 is 34.1 Å². The Balaban J connectivity index is 2.05. The minimum absolute atomic E-state index is 0.292. The van der Waals surface area contributed by atoms with Crippen LogP contribution in [0.4, 0.5) is 20.3 Å². The molecule has 0 atom stereocenters. The van der Waals surface area contributed by atoms with Crippen LogP contribution < -0.4 is 5.32 Å². The predicted molar refractivity (Wildman–Crippen MR) is 72.0 cm³/mol. The van der Waals surface area contributed by atoms with Crippen molar-refractivity contribution in [1.82, 2.24) is 15.0 Å². The van der Waals surface area contributed by atoms with Crippen molar-refractivity contribution in [2.75, 3.05) is 5.32 Å². The summed E-state index contributed by atoms with van der Waals surface area (Å²) in [4.78, 5) is 12.2. The Morgan fingerprint density at radius 1 is 1.00 bits per heavy atom. The van der Waals surface area contributed by atoms with Crippen molar-refractivity contribution < 1.29 is 8.78 Å². The van der Waals surface area contributed by atoms with E-state index >= 15 is 0 Å². The van der Waals surface area contributed by atoms with Gasteiger partial charge < -0.3 is 5.32 Å². The lowest BCUT2D eigenvalue weighted by atomic mass is 10.3. The van der Waals surface area contributed by atoms with Crippen molar-refractivity contribution in [3.8, 4) is 0 Å². The van der Waals surface area contributed by atoms with Crippen molar-refractivity contribution in [2.45, 2.75) is 0 Å². The molecule has 100 valence electrons. The van der Waals surface area contributed by atoms with Crippen LogP contribution in [0.2, 0.25) is 5.15 Å². The number of rotatable bonds is 2. The molecule has 0 radical (unpaired) electrons. The van der Waals surface area contributed by atoms with E-state index in [1.807, 2.05) is 0 Å². The lowest BCUT2D eigenvalue weighted by Crippen LogP contribution is -1.98. The van der Waals surface area contributed by atoms with E-state index in [0.717, 1.165) is 12.1 Å². The van der Waals surface area contributed by atoms with Gasteiger partial charge in [-0.05, 0) is 24.3 Å². The SMILES string of the molecule is Fc1ccc(Nc2ncnc3ccc(Cl)nc23)cc1F. The smallest absolute Gasteiger partial charge is 0.160 e. The fourth-order valence-electron chi connectivity index (χ4n) is 1.72. The Kier molecular flexibility index (Phi) is 3.15. The summed E-state index contributed by atoms with van der Waals surface area (Å²) in [6.45, 7) is 0. The van der Waals surface area contributed by atoms with Crippen molar-refractivity contribution in [1.29, 1.82) is 0 Å². The molecule has 3 rings (SSSR count). The number of anilines is 2. The van der Waals surface area contributed by atoms with Gasteiger partial charge in [0.2, 0.25) is 0 Å². The first-order valence-corrected chi connectivity index (χ1v) is 6.00. The second kappa shape index (κ2) is 4.97. The number of fused-ring (bicyclic) bond motifs is 1. The zero-order valence-electron chi connectivity index (χ0n) is 9.94. The Morgan fingerprint density at radius 2 is 1.85 bits per heavy atom. The first kappa shape index (κ1) is 12.7. The highest BCUT2D eigenvalue weighted by atomic mass is 35.5. The van der Waals surface area contributed by atoms with Crippen molar-refractivity contribution in [3.05, 3.63) is 53.4 Å². The van der Waals surface area contributed by atoms with Gasteiger partial charge in [0, 0.05) is 11.8 Å². The van der Waals surface area contributed by atoms with Gasteiger partial charge in [-0.2, -0.15) is 0 Å². The molecule has 0 saturated heterocycles. The zero-order chi connectivity index (χ0) is 14.1. The topological polar surface area (TPSA) is 50.7 Å². The van der Waals surface area contributed by atoms with Crippen LogP contribution in [0.15, 0.2) is 36.7 Å². The number of hydrogen-bond donors (Lipinski definition) is 1. The van der Waals surface area contributed by atoms with E-state index in [0.29, 0.717) is 27.7 Å². The minimum Gasteiger partial charge on any atom is -0.338 e. The standard InChI is InChI=1S/C13H7ClF2N4/c14-11-4-3-10-12(20-11)13(18-6-17-10)19-7-1-2-8(15)9(16)5-7/h1-6H,(H,17,18,19). The summed E-state index contributed by atoms with van der Waals surface area (Å²) < 4.78 is 26.1. The van der Waals surface area contributed by atoms with E-state index in [2.05, 4.69) is 20.3 Å². The maximum absolute atomic E-state index is 13.2. The largest absolute Gasteiger partial charge is 0.338 e. The Bertz CT molecular complexity index is 794. The van der Waals surface area contributed by atoms with Crippen LogP contribution in [-0.4, -0.2) is 15.0 Å². The number of nitrogens with zero attached hydrogens (tertiary/aromatic N) is 3. The molecule has 0 unspecified atom stereocenters. The van der Waals surface area contributed by atoms with E-state index in [1.165, 1.54) is 12.4 Å². The monoisotopic (exact) mass is 292 g/mol. The molecule has 0 saturated carbocycles. The summed E-state index contributed by atoms with van der Waals surface area (Å²) in [6, 6.07) is 6.77. The fourth-order valence-corrected chi connectivity index (χ4v) is 1.87. The number of nitrogens with one attached hydrogen (secondary N) is 1. The quantitative estimate of drug-likeness (QED) is 0.732. The van der Waals surface area contributed by atoms with Gasteiger partial charge in [0.25, 0.3) is 0 Å². The lowest BCUT2D eigenvalue weighted by molar-refractivity contribution is 0.509. The molecule has 0 aliphatic carbocycles. The fraction of sp³-hybridized carbons (Fsp3) is 0. The van der Waals surface area contributed by atoms with Gasteiger partial charge in [0.1, 0.15) is 17.0 Å². The zero-order valence-corrected chi connectivity index (χ0v) is 10.7. The molecule has 0 amide bonds. The number of hydrogen-bond acceptors (Lipinski definition) is 4. The lowest BCUT2D eigenvalue weighted by Gasteiger charge is -2.08. The van der Waals surface area contributed by atoms with Crippen LogP contribution in [0.25, 0.3) is 11.0 Å². The van der Waals surface area contributed by atoms with Crippen LogP contribution in [0, 0.1) is 11.6 Å². The molecule has 4 nitrogen and oxygen atoms in total. The molecule has 1 N–H and O–H groups in total. The molecule has 0 spiro atoms. The summed E-state index contributed by atoms with van der Waals surface area (Å²) in [5.74, 6) is -1.49. The Hall–Kier alpha value is -2.34. The molecule has 0 aliphatic rings. The first-order chi connectivity index (χ1) is 9.63. The van der Waals surface area contributed by atoms with E-state index < -0.39 is 11.6 Å². The number of benzene rings is 1. The van der Waals surface area contributed by atoms with Gasteiger partial charge in [-0.15, -0.1) is 0 Å². The normalized spacial score (nSPS) is 10.8. The maximum atomic E-state index is 13.2. The molecule has 0 fully saturated rings. The van der Waals surface area contributed by atoms with Crippen LogP contribution in [0.3, 0.4) is 0 Å². The molecule has 0 aliphatic heterocycles. The molecule has 3 aromatic rings. The molecule has 20 heavy (non-hydrogen) atoms. The molecule has 1 aromatic carbocycles.